The number of carbonyl (C=O) groups is 4. The number of furan rings is 1. The summed E-state index contributed by atoms with van der Waals surface area (Å²) in [6, 6.07) is 8.09. The second kappa shape index (κ2) is 8.64. The van der Waals surface area contributed by atoms with Crippen molar-refractivity contribution in [1.82, 2.24) is 20.9 Å². The first-order chi connectivity index (χ1) is 17.3. The fraction of sp³-hybridized carbons (Fsp3) is 0.250. The van der Waals surface area contributed by atoms with E-state index in [4.69, 9.17) is 14.9 Å². The molecule has 0 saturated carbocycles. The minimum Gasteiger partial charge on any atom is -0.497 e. The molecule has 11 nitrogen and oxygen atoms in total. The SMILES string of the molecule is COc1ccc2c(c1)C(=O)N(CC1(c3cc4cc(C(=O)NCCN)c(F)cc4o3)NC(=O)NC1=O)C2. The van der Waals surface area contributed by atoms with Crippen molar-refractivity contribution in [2.45, 2.75) is 12.1 Å². The van der Waals surface area contributed by atoms with Gasteiger partial charge in [-0.1, -0.05) is 6.07 Å². The van der Waals surface area contributed by atoms with E-state index < -0.39 is 29.2 Å². The van der Waals surface area contributed by atoms with Crippen LogP contribution >= 0.6 is 0 Å². The van der Waals surface area contributed by atoms with E-state index in [-0.39, 0.29) is 49.0 Å². The number of nitrogens with two attached hydrogens (primary N) is 1. The lowest BCUT2D eigenvalue weighted by atomic mass is 9.95. The zero-order valence-corrected chi connectivity index (χ0v) is 19.1. The maximum atomic E-state index is 14.6. The van der Waals surface area contributed by atoms with Crippen LogP contribution in [-0.2, 0) is 16.9 Å². The zero-order chi connectivity index (χ0) is 25.6. The van der Waals surface area contributed by atoms with Gasteiger partial charge in [0.25, 0.3) is 17.7 Å². The normalized spacial score (nSPS) is 18.9. The van der Waals surface area contributed by atoms with Gasteiger partial charge in [0.1, 0.15) is 22.9 Å². The fourth-order valence-corrected chi connectivity index (χ4v) is 4.46. The number of benzene rings is 2. The Labute approximate surface area is 203 Å². The highest BCUT2D eigenvalue weighted by molar-refractivity contribution is 6.08. The Morgan fingerprint density at radius 1 is 1.25 bits per heavy atom. The maximum absolute atomic E-state index is 14.6. The quantitative estimate of drug-likeness (QED) is 0.356. The molecule has 0 bridgehead atoms. The van der Waals surface area contributed by atoms with E-state index in [1.165, 1.54) is 24.1 Å². The Morgan fingerprint density at radius 3 is 2.75 bits per heavy atom. The van der Waals surface area contributed by atoms with E-state index >= 15 is 0 Å². The van der Waals surface area contributed by atoms with Crippen molar-refractivity contribution in [3.8, 4) is 5.75 Å². The number of halogens is 1. The molecule has 186 valence electrons. The number of ether oxygens (including phenoxy) is 1. The lowest BCUT2D eigenvalue weighted by molar-refractivity contribution is -0.125. The first-order valence-corrected chi connectivity index (χ1v) is 11.1. The molecular formula is C24H22FN5O6. The van der Waals surface area contributed by atoms with Gasteiger partial charge >= 0.3 is 6.03 Å². The van der Waals surface area contributed by atoms with Crippen LogP contribution in [0.4, 0.5) is 9.18 Å². The van der Waals surface area contributed by atoms with E-state index in [1.807, 2.05) is 0 Å². The minimum atomic E-state index is -1.77. The largest absolute Gasteiger partial charge is 0.497 e. The lowest BCUT2D eigenvalue weighted by Gasteiger charge is -2.29. The number of carbonyl (C=O) groups excluding carboxylic acids is 4. The Bertz CT molecular complexity index is 1440. The van der Waals surface area contributed by atoms with Crippen LogP contribution < -0.4 is 26.4 Å². The summed E-state index contributed by atoms with van der Waals surface area (Å²) in [6.07, 6.45) is 0. The van der Waals surface area contributed by atoms with E-state index in [0.29, 0.717) is 16.7 Å². The molecule has 5 N–H and O–H groups in total. The van der Waals surface area contributed by atoms with Gasteiger partial charge in [-0.05, 0) is 29.8 Å². The molecule has 1 unspecified atom stereocenters. The maximum Gasteiger partial charge on any atom is 0.322 e. The molecule has 2 aromatic carbocycles. The van der Waals surface area contributed by atoms with E-state index in [1.54, 1.807) is 18.2 Å². The minimum absolute atomic E-state index is 0.0129. The van der Waals surface area contributed by atoms with Crippen molar-refractivity contribution < 1.29 is 32.7 Å². The van der Waals surface area contributed by atoms with Crippen LogP contribution in [0, 0.1) is 5.82 Å². The standard InChI is InChI=1S/C24H22FN5O6/c1-35-14-3-2-12-10-30(21(32)15(12)8-14)11-24(22(33)28-23(34)29-24)19-7-13-6-16(20(31)27-5-4-26)17(25)9-18(13)36-19/h2-3,6-9H,4-5,10-11,26H2,1H3,(H,27,31)(H2,28,29,33,34). The third-order valence-corrected chi connectivity index (χ3v) is 6.27. The molecule has 12 heteroatoms. The van der Waals surface area contributed by atoms with Crippen molar-refractivity contribution in [1.29, 1.82) is 0 Å². The number of rotatable bonds is 7. The molecule has 1 fully saturated rings. The van der Waals surface area contributed by atoms with Crippen LogP contribution in [0.15, 0.2) is 40.8 Å². The topological polar surface area (TPSA) is 156 Å². The van der Waals surface area contributed by atoms with Gasteiger partial charge in [-0.15, -0.1) is 0 Å². The third-order valence-electron chi connectivity index (χ3n) is 6.27. The molecular weight excluding hydrogens is 473 g/mol. The molecule has 2 aliphatic heterocycles. The van der Waals surface area contributed by atoms with E-state index in [9.17, 15) is 23.6 Å². The van der Waals surface area contributed by atoms with Gasteiger partial charge in [0, 0.05) is 36.7 Å². The number of hydrogen-bond acceptors (Lipinski definition) is 7. The molecule has 0 spiro atoms. The van der Waals surface area contributed by atoms with Crippen molar-refractivity contribution >= 4 is 34.7 Å². The molecule has 5 rings (SSSR count). The summed E-state index contributed by atoms with van der Waals surface area (Å²) >= 11 is 0. The average Bonchev–Trinajstić information content (AvgIpc) is 3.50. The molecule has 1 atom stereocenters. The molecule has 3 aromatic rings. The number of hydrogen-bond donors (Lipinski definition) is 4. The van der Waals surface area contributed by atoms with Crippen LogP contribution in [-0.4, -0.2) is 55.4 Å². The van der Waals surface area contributed by atoms with Crippen molar-refractivity contribution in [3.05, 3.63) is 64.7 Å². The van der Waals surface area contributed by atoms with Crippen LogP contribution in [0.2, 0.25) is 0 Å². The highest BCUT2D eigenvalue weighted by atomic mass is 19.1. The monoisotopic (exact) mass is 495 g/mol. The molecule has 1 saturated heterocycles. The van der Waals surface area contributed by atoms with E-state index in [2.05, 4.69) is 16.0 Å². The predicted octanol–water partition coefficient (Wildman–Crippen LogP) is 0.960. The van der Waals surface area contributed by atoms with Crippen molar-refractivity contribution in [2.75, 3.05) is 26.7 Å². The van der Waals surface area contributed by atoms with Gasteiger partial charge in [-0.2, -0.15) is 0 Å². The summed E-state index contributed by atoms with van der Waals surface area (Å²) in [4.78, 5) is 52.1. The Morgan fingerprint density at radius 2 is 2.06 bits per heavy atom. The number of nitrogens with one attached hydrogen (secondary N) is 3. The van der Waals surface area contributed by atoms with Gasteiger partial charge in [-0.25, -0.2) is 9.18 Å². The summed E-state index contributed by atoms with van der Waals surface area (Å²) in [6.45, 7) is 0.310. The van der Waals surface area contributed by atoms with E-state index in [0.717, 1.165) is 11.6 Å². The molecule has 0 radical (unpaired) electrons. The lowest BCUT2D eigenvalue weighted by Crippen LogP contribution is -2.52. The van der Waals surface area contributed by atoms with Gasteiger partial charge in [0.15, 0.2) is 5.54 Å². The molecule has 2 aliphatic rings. The molecule has 3 heterocycles. The molecule has 0 aliphatic carbocycles. The van der Waals surface area contributed by atoms with Gasteiger partial charge < -0.3 is 30.4 Å². The Hall–Kier alpha value is -4.45. The van der Waals surface area contributed by atoms with Crippen molar-refractivity contribution in [2.24, 2.45) is 5.73 Å². The average molecular weight is 495 g/mol. The van der Waals surface area contributed by atoms with Crippen LogP contribution in [0.25, 0.3) is 11.0 Å². The summed E-state index contributed by atoms with van der Waals surface area (Å²) in [7, 11) is 1.49. The summed E-state index contributed by atoms with van der Waals surface area (Å²) in [5.41, 5.74) is 4.62. The third kappa shape index (κ3) is 3.71. The van der Waals surface area contributed by atoms with Crippen LogP contribution in [0.1, 0.15) is 32.0 Å². The highest BCUT2D eigenvalue weighted by Gasteiger charge is 2.53. The summed E-state index contributed by atoms with van der Waals surface area (Å²) in [5, 5.41) is 7.59. The summed E-state index contributed by atoms with van der Waals surface area (Å²) in [5.74, 6) is -2.06. The second-order valence-electron chi connectivity index (χ2n) is 8.52. The fourth-order valence-electron chi connectivity index (χ4n) is 4.46. The van der Waals surface area contributed by atoms with Gasteiger partial charge in [0.2, 0.25) is 0 Å². The zero-order valence-electron chi connectivity index (χ0n) is 19.1. The number of amides is 5. The number of methoxy groups -OCH3 is 1. The smallest absolute Gasteiger partial charge is 0.322 e. The van der Waals surface area contributed by atoms with Crippen LogP contribution in [0.3, 0.4) is 0 Å². The Balaban J connectivity index is 1.52. The Kier molecular flexibility index (Phi) is 5.59. The van der Waals surface area contributed by atoms with Gasteiger partial charge in [-0.3, -0.25) is 19.7 Å². The molecule has 1 aromatic heterocycles. The number of nitrogens with zero attached hydrogens (tertiary/aromatic N) is 1. The first kappa shape index (κ1) is 23.3. The molecule has 36 heavy (non-hydrogen) atoms. The number of urea groups is 1. The highest BCUT2D eigenvalue weighted by Crippen LogP contribution is 2.35. The second-order valence-corrected chi connectivity index (χ2v) is 8.52. The van der Waals surface area contributed by atoms with Crippen LogP contribution in [0.5, 0.6) is 5.75 Å². The summed E-state index contributed by atoms with van der Waals surface area (Å²) < 4.78 is 25.6. The number of fused-ring (bicyclic) bond motifs is 2. The predicted molar refractivity (Wildman–Crippen MR) is 124 cm³/mol. The van der Waals surface area contributed by atoms with Gasteiger partial charge in [0.05, 0.1) is 19.2 Å². The first-order valence-electron chi connectivity index (χ1n) is 11.1. The molecule has 5 amide bonds. The number of imide groups is 1. The van der Waals surface area contributed by atoms with Crippen molar-refractivity contribution in [3.63, 3.8) is 0 Å².